The van der Waals surface area contributed by atoms with Crippen molar-refractivity contribution in [2.45, 2.75) is 0 Å². The number of para-hydroxylation sites is 2. The molecule has 0 aliphatic carbocycles. The number of rotatable bonds is 6. The molecule has 7 nitrogen and oxygen atoms in total. The second kappa shape index (κ2) is 13.9. The van der Waals surface area contributed by atoms with Crippen molar-refractivity contribution in [1.82, 2.24) is 19.9 Å². The average molecular weight is 808 g/mol. The molecule has 13 rings (SSSR count). The van der Waals surface area contributed by atoms with Crippen molar-refractivity contribution in [3.8, 4) is 33.6 Å². The Morgan fingerprint density at radius 2 is 0.778 bits per heavy atom. The van der Waals surface area contributed by atoms with Crippen molar-refractivity contribution < 1.29 is 8.83 Å². The molecule has 0 radical (unpaired) electrons. The second-order valence-corrected chi connectivity index (χ2v) is 15.9. The van der Waals surface area contributed by atoms with Gasteiger partial charge in [0.15, 0.2) is 0 Å². The Hall–Kier alpha value is -8.68. The minimum atomic E-state index is 0.532. The van der Waals surface area contributed by atoms with E-state index in [4.69, 9.17) is 18.8 Å². The van der Waals surface area contributed by atoms with Gasteiger partial charge in [0.05, 0.1) is 23.8 Å². The molecule has 0 fully saturated rings. The van der Waals surface area contributed by atoms with Crippen LogP contribution in [0.25, 0.3) is 110 Å². The van der Waals surface area contributed by atoms with Gasteiger partial charge in [-0.2, -0.15) is 0 Å². The lowest BCUT2D eigenvalue weighted by atomic mass is 9.96. The van der Waals surface area contributed by atoms with Gasteiger partial charge in [-0.1, -0.05) is 115 Å². The van der Waals surface area contributed by atoms with Gasteiger partial charge in [-0.25, -0.2) is 19.9 Å². The average Bonchev–Trinajstić information content (AvgIpc) is 3.92. The number of furan rings is 2. The quantitative estimate of drug-likeness (QED) is 0.155. The van der Waals surface area contributed by atoms with Crippen molar-refractivity contribution in [3.05, 3.63) is 200 Å². The smallest absolute Gasteiger partial charge is 0.246 e. The van der Waals surface area contributed by atoms with Crippen molar-refractivity contribution in [2.24, 2.45) is 0 Å². The number of aromatic nitrogens is 4. The minimum absolute atomic E-state index is 0.532. The topological polar surface area (TPSA) is 81.1 Å². The van der Waals surface area contributed by atoms with E-state index in [1.807, 2.05) is 48.5 Å². The third-order valence-corrected chi connectivity index (χ3v) is 12.2. The zero-order valence-electron chi connectivity index (χ0n) is 33.6. The summed E-state index contributed by atoms with van der Waals surface area (Å²) < 4.78 is 11.9. The zero-order valence-corrected chi connectivity index (χ0v) is 33.6. The van der Waals surface area contributed by atoms with Crippen molar-refractivity contribution in [3.63, 3.8) is 0 Å². The van der Waals surface area contributed by atoms with E-state index >= 15 is 0 Å². The lowest BCUT2D eigenvalue weighted by Gasteiger charge is -2.26. The van der Waals surface area contributed by atoms with Crippen molar-refractivity contribution in [1.29, 1.82) is 0 Å². The Morgan fingerprint density at radius 3 is 1.38 bits per heavy atom. The lowest BCUT2D eigenvalue weighted by Crippen LogP contribution is -2.10. The van der Waals surface area contributed by atoms with Gasteiger partial charge in [-0.3, -0.25) is 0 Å². The van der Waals surface area contributed by atoms with Crippen LogP contribution in [-0.2, 0) is 0 Å². The highest BCUT2D eigenvalue weighted by atomic mass is 16.3. The molecule has 0 N–H and O–H groups in total. The van der Waals surface area contributed by atoms with E-state index in [2.05, 4.69) is 154 Å². The molecule has 0 atom stereocenters. The van der Waals surface area contributed by atoms with Crippen LogP contribution in [0.1, 0.15) is 0 Å². The molecular formula is C56H33N5O2. The van der Waals surface area contributed by atoms with Crippen LogP contribution in [0.3, 0.4) is 0 Å². The number of hydrogen-bond acceptors (Lipinski definition) is 7. The zero-order chi connectivity index (χ0) is 41.4. The first-order chi connectivity index (χ1) is 31.2. The van der Waals surface area contributed by atoms with Crippen LogP contribution in [0, 0.1) is 0 Å². The van der Waals surface area contributed by atoms with E-state index in [1.54, 1.807) is 12.4 Å². The van der Waals surface area contributed by atoms with Crippen molar-refractivity contribution in [2.75, 3.05) is 4.90 Å². The van der Waals surface area contributed by atoms with E-state index < -0.39 is 0 Å². The normalized spacial score (nSPS) is 11.8. The SMILES string of the molecule is c1ccc2cc(-c3ccc4c(ccc5cc(N(c6ccc(-c7cnc8oc9ccccc9c8n7)cc6)c6ccc(-c7cnc8oc9ccccc9c8n7)cc6)ccc54)c3)ccc2c1. The molecule has 7 heteroatoms. The molecule has 0 spiro atoms. The molecule has 294 valence electrons. The molecule has 9 aromatic carbocycles. The van der Waals surface area contributed by atoms with Crippen LogP contribution < -0.4 is 4.90 Å². The molecule has 13 aromatic rings. The number of fused-ring (bicyclic) bond motifs is 10. The summed E-state index contributed by atoms with van der Waals surface area (Å²) in [4.78, 5) is 21.6. The third-order valence-electron chi connectivity index (χ3n) is 12.2. The molecule has 63 heavy (non-hydrogen) atoms. The largest absolute Gasteiger partial charge is 0.436 e. The summed E-state index contributed by atoms with van der Waals surface area (Å²) in [6, 6.07) is 66.1. The lowest BCUT2D eigenvalue weighted by molar-refractivity contribution is 0.652. The van der Waals surface area contributed by atoms with Gasteiger partial charge in [0.1, 0.15) is 22.2 Å². The van der Waals surface area contributed by atoms with E-state index in [0.717, 1.165) is 77.9 Å². The first-order valence-electron chi connectivity index (χ1n) is 20.9. The van der Waals surface area contributed by atoms with Gasteiger partial charge in [-0.15, -0.1) is 0 Å². The fraction of sp³-hybridized carbons (Fsp3) is 0. The molecule has 0 bridgehead atoms. The summed E-state index contributed by atoms with van der Waals surface area (Å²) >= 11 is 0. The van der Waals surface area contributed by atoms with Crippen LogP contribution in [-0.4, -0.2) is 19.9 Å². The highest BCUT2D eigenvalue weighted by Crippen LogP contribution is 2.40. The fourth-order valence-corrected chi connectivity index (χ4v) is 9.00. The Morgan fingerprint density at radius 1 is 0.333 bits per heavy atom. The maximum atomic E-state index is 5.96. The first-order valence-corrected chi connectivity index (χ1v) is 20.9. The van der Waals surface area contributed by atoms with E-state index in [0.29, 0.717) is 11.4 Å². The van der Waals surface area contributed by atoms with E-state index in [9.17, 15) is 0 Å². The molecular weight excluding hydrogens is 775 g/mol. The van der Waals surface area contributed by atoms with E-state index in [1.165, 1.54) is 38.1 Å². The summed E-state index contributed by atoms with van der Waals surface area (Å²) in [5.74, 6) is 0. The molecule has 0 saturated carbocycles. The highest BCUT2D eigenvalue weighted by Gasteiger charge is 2.18. The van der Waals surface area contributed by atoms with Crippen LogP contribution in [0.2, 0.25) is 0 Å². The summed E-state index contributed by atoms with van der Waals surface area (Å²) in [6.45, 7) is 0. The molecule has 0 aliphatic heterocycles. The third kappa shape index (κ3) is 5.90. The predicted molar refractivity (Wildman–Crippen MR) is 256 cm³/mol. The van der Waals surface area contributed by atoms with Gasteiger partial charge in [0.2, 0.25) is 11.4 Å². The summed E-state index contributed by atoms with van der Waals surface area (Å²) in [5, 5.41) is 9.17. The monoisotopic (exact) mass is 807 g/mol. The van der Waals surface area contributed by atoms with Crippen LogP contribution >= 0.6 is 0 Å². The second-order valence-electron chi connectivity index (χ2n) is 15.9. The molecule has 4 aromatic heterocycles. The van der Waals surface area contributed by atoms with Gasteiger partial charge in [0.25, 0.3) is 0 Å². The number of hydrogen-bond donors (Lipinski definition) is 0. The van der Waals surface area contributed by atoms with E-state index in [-0.39, 0.29) is 0 Å². The first kappa shape index (κ1) is 35.1. The highest BCUT2D eigenvalue weighted by molar-refractivity contribution is 6.10. The van der Waals surface area contributed by atoms with Crippen molar-refractivity contribution >= 4 is 93.8 Å². The predicted octanol–water partition coefficient (Wildman–Crippen LogP) is 15.0. The fourth-order valence-electron chi connectivity index (χ4n) is 9.00. The summed E-state index contributed by atoms with van der Waals surface area (Å²) in [6.07, 6.45) is 3.56. The number of benzene rings is 9. The molecule has 0 saturated heterocycles. The Balaban J connectivity index is 0.891. The van der Waals surface area contributed by atoms with Gasteiger partial charge in [-0.05, 0) is 116 Å². The summed E-state index contributed by atoms with van der Waals surface area (Å²) in [7, 11) is 0. The van der Waals surface area contributed by atoms with Gasteiger partial charge >= 0.3 is 0 Å². The Labute approximate surface area is 360 Å². The van der Waals surface area contributed by atoms with Crippen LogP contribution in [0.15, 0.2) is 209 Å². The molecule has 0 amide bonds. The van der Waals surface area contributed by atoms with Gasteiger partial charge in [0, 0.05) is 39.0 Å². The molecule has 0 aliphatic rings. The number of nitrogens with zero attached hydrogens (tertiary/aromatic N) is 5. The maximum absolute atomic E-state index is 5.96. The number of anilines is 3. The Kier molecular flexibility index (Phi) is 7.77. The minimum Gasteiger partial charge on any atom is -0.436 e. The van der Waals surface area contributed by atoms with Crippen LogP contribution in [0.5, 0.6) is 0 Å². The van der Waals surface area contributed by atoms with Gasteiger partial charge < -0.3 is 13.7 Å². The maximum Gasteiger partial charge on any atom is 0.246 e. The molecule has 4 heterocycles. The molecule has 0 unspecified atom stereocenters. The Bertz CT molecular complexity index is 3770. The summed E-state index contributed by atoms with van der Waals surface area (Å²) in [5.41, 5.74) is 13.1. The standard InChI is InChI=1S/C56H33N5O2/c1-2-8-37-29-38(14-13-34(37)7-1)39-21-27-45-40(30-39)15-16-41-31-44(26-28-46(41)45)61(42-22-17-35(18-23-42)49-32-57-55-53(59-49)47-9-3-5-11-51(47)62-55)43-24-19-36(20-25-43)50-33-58-56-54(60-50)48-10-4-6-12-52(48)63-56/h1-33H. The van der Waals surface area contributed by atoms with Crippen LogP contribution in [0.4, 0.5) is 17.1 Å².